The first-order valence-corrected chi connectivity index (χ1v) is 35.2. The highest BCUT2D eigenvalue weighted by molar-refractivity contribution is 5.76. The Balaban J connectivity index is 1.67. The summed E-state index contributed by atoms with van der Waals surface area (Å²) in [5.74, 6) is -0.247. The Morgan fingerprint density at radius 3 is 1.28 bits per heavy atom. The molecule has 14 nitrogen and oxygen atoms in total. The number of ether oxygens (including phenoxy) is 4. The molecule has 0 aromatic rings. The van der Waals surface area contributed by atoms with Crippen LogP contribution in [0.2, 0.25) is 0 Å². The number of unbranched alkanes of at least 4 members (excludes halogenated alkanes) is 34. The Hall–Kier alpha value is -2.57. The van der Waals surface area contributed by atoms with Crippen molar-refractivity contribution in [1.29, 1.82) is 0 Å². The summed E-state index contributed by atoms with van der Waals surface area (Å²) in [7, 11) is 0. The highest BCUT2D eigenvalue weighted by atomic mass is 16.7. The lowest BCUT2D eigenvalue weighted by Gasteiger charge is -2.46. The van der Waals surface area contributed by atoms with Crippen molar-refractivity contribution in [3.05, 3.63) is 72.9 Å². The number of hydrogen-bond acceptors (Lipinski definition) is 13. The zero-order valence-corrected chi connectivity index (χ0v) is 54.3. The van der Waals surface area contributed by atoms with Gasteiger partial charge in [0.1, 0.15) is 48.8 Å². The summed E-state index contributed by atoms with van der Waals surface area (Å²) in [6.45, 7) is 2.70. The summed E-state index contributed by atoms with van der Waals surface area (Å²) in [5.41, 5.74) is 0. The number of aliphatic hydroxyl groups is 8. The fourth-order valence-electron chi connectivity index (χ4n) is 11.3. The van der Waals surface area contributed by atoms with E-state index in [2.05, 4.69) is 79.9 Å². The van der Waals surface area contributed by atoms with Gasteiger partial charge >= 0.3 is 0 Å². The van der Waals surface area contributed by atoms with Gasteiger partial charge < -0.3 is 65.1 Å². The summed E-state index contributed by atoms with van der Waals surface area (Å²) in [6.07, 6.45) is 59.6. The number of amides is 1. The van der Waals surface area contributed by atoms with Crippen molar-refractivity contribution < 1.29 is 64.6 Å². The van der Waals surface area contributed by atoms with Crippen LogP contribution < -0.4 is 5.32 Å². The van der Waals surface area contributed by atoms with Crippen LogP contribution in [0.3, 0.4) is 0 Å². The smallest absolute Gasteiger partial charge is 0.220 e. The van der Waals surface area contributed by atoms with E-state index in [1.54, 1.807) is 6.08 Å². The minimum absolute atomic E-state index is 0.247. The molecule has 500 valence electrons. The van der Waals surface area contributed by atoms with Gasteiger partial charge in [-0.15, -0.1) is 0 Å². The van der Waals surface area contributed by atoms with Crippen LogP contribution in [-0.4, -0.2) is 140 Å². The lowest BCUT2D eigenvalue weighted by molar-refractivity contribution is -0.359. The molecule has 2 saturated heterocycles. The van der Waals surface area contributed by atoms with Crippen LogP contribution in [0.25, 0.3) is 0 Å². The zero-order valence-electron chi connectivity index (χ0n) is 54.3. The predicted molar refractivity (Wildman–Crippen MR) is 350 cm³/mol. The van der Waals surface area contributed by atoms with Gasteiger partial charge in [-0.05, 0) is 70.6 Å². The van der Waals surface area contributed by atoms with Crippen LogP contribution >= 0.6 is 0 Å². The van der Waals surface area contributed by atoms with E-state index in [0.717, 1.165) is 57.8 Å². The topological polar surface area (TPSA) is 228 Å². The number of carbonyl (C=O) groups is 1. The zero-order chi connectivity index (χ0) is 62.3. The minimum Gasteiger partial charge on any atom is -0.394 e. The Morgan fingerprint density at radius 2 is 0.814 bits per heavy atom. The number of allylic oxidation sites excluding steroid dienone is 11. The molecule has 0 bridgehead atoms. The van der Waals surface area contributed by atoms with Crippen molar-refractivity contribution in [2.75, 3.05) is 19.8 Å². The van der Waals surface area contributed by atoms with Gasteiger partial charge in [0, 0.05) is 6.42 Å². The number of rotatable bonds is 57. The fraction of sp³-hybridized carbons (Fsp3) is 0.819. The molecule has 0 spiro atoms. The molecule has 0 saturated carbocycles. The van der Waals surface area contributed by atoms with Gasteiger partial charge in [-0.2, -0.15) is 0 Å². The minimum atomic E-state index is -1.79. The molecule has 9 N–H and O–H groups in total. The summed E-state index contributed by atoms with van der Waals surface area (Å²) in [4.78, 5) is 13.3. The van der Waals surface area contributed by atoms with Gasteiger partial charge in [0.05, 0.1) is 32.0 Å². The second-order valence-corrected chi connectivity index (χ2v) is 24.6. The Bertz CT molecular complexity index is 1720. The third-order valence-electron chi connectivity index (χ3n) is 16.9. The van der Waals surface area contributed by atoms with Crippen LogP contribution in [0, 0.1) is 0 Å². The summed E-state index contributed by atoms with van der Waals surface area (Å²) < 4.78 is 22.8. The quantitative estimate of drug-likeness (QED) is 0.0204. The van der Waals surface area contributed by atoms with Crippen LogP contribution in [-0.2, 0) is 23.7 Å². The van der Waals surface area contributed by atoms with Crippen molar-refractivity contribution in [3.63, 3.8) is 0 Å². The number of aliphatic hydroxyl groups excluding tert-OH is 8. The van der Waals surface area contributed by atoms with E-state index in [9.17, 15) is 45.6 Å². The Morgan fingerprint density at radius 1 is 0.430 bits per heavy atom. The third-order valence-corrected chi connectivity index (χ3v) is 16.9. The van der Waals surface area contributed by atoms with E-state index in [0.29, 0.717) is 12.8 Å². The van der Waals surface area contributed by atoms with Gasteiger partial charge in [-0.3, -0.25) is 4.79 Å². The Labute approximate surface area is 523 Å². The van der Waals surface area contributed by atoms with Crippen molar-refractivity contribution in [2.45, 2.75) is 357 Å². The van der Waals surface area contributed by atoms with Gasteiger partial charge in [0.15, 0.2) is 12.6 Å². The van der Waals surface area contributed by atoms with Crippen molar-refractivity contribution in [2.24, 2.45) is 0 Å². The van der Waals surface area contributed by atoms with Crippen LogP contribution in [0.5, 0.6) is 0 Å². The average Bonchev–Trinajstić information content (AvgIpc) is 2.54. The molecule has 12 unspecified atom stereocenters. The number of carbonyl (C=O) groups excluding carboxylic acids is 1. The molecule has 0 radical (unpaired) electrons. The first-order valence-electron chi connectivity index (χ1n) is 35.2. The molecule has 12 atom stereocenters. The lowest BCUT2D eigenvalue weighted by Crippen LogP contribution is -2.65. The largest absolute Gasteiger partial charge is 0.394 e. The highest BCUT2D eigenvalue weighted by Gasteiger charge is 2.51. The summed E-state index contributed by atoms with van der Waals surface area (Å²) in [5, 5.41) is 87.4. The van der Waals surface area contributed by atoms with Crippen molar-refractivity contribution in [1.82, 2.24) is 5.32 Å². The van der Waals surface area contributed by atoms with Crippen molar-refractivity contribution >= 4 is 5.91 Å². The molecule has 0 aromatic carbocycles. The van der Waals surface area contributed by atoms with Gasteiger partial charge in [-0.25, -0.2) is 0 Å². The molecule has 2 rings (SSSR count). The molecule has 0 aromatic heterocycles. The van der Waals surface area contributed by atoms with Gasteiger partial charge in [0.2, 0.25) is 5.91 Å². The third kappa shape index (κ3) is 40.2. The van der Waals surface area contributed by atoms with Crippen molar-refractivity contribution in [3.8, 4) is 0 Å². The molecule has 2 aliphatic heterocycles. The van der Waals surface area contributed by atoms with E-state index in [4.69, 9.17) is 18.9 Å². The predicted octanol–water partition coefficient (Wildman–Crippen LogP) is 14.2. The van der Waals surface area contributed by atoms with E-state index in [-0.39, 0.29) is 18.9 Å². The molecule has 86 heavy (non-hydrogen) atoms. The lowest BCUT2D eigenvalue weighted by atomic mass is 9.97. The molecule has 0 aliphatic carbocycles. The second-order valence-electron chi connectivity index (χ2n) is 24.6. The molecule has 14 heteroatoms. The van der Waals surface area contributed by atoms with Gasteiger partial charge in [-0.1, -0.05) is 279 Å². The van der Waals surface area contributed by atoms with Crippen LogP contribution in [0.4, 0.5) is 0 Å². The number of nitrogens with one attached hydrogen (secondary N) is 1. The molecular formula is C72H129NO13. The van der Waals surface area contributed by atoms with E-state index < -0.39 is 86.8 Å². The maximum absolute atomic E-state index is 13.3. The average molecular weight is 1220 g/mol. The molecule has 1 amide bonds. The van der Waals surface area contributed by atoms with E-state index >= 15 is 0 Å². The Kier molecular flexibility index (Phi) is 52.2. The highest BCUT2D eigenvalue weighted by Crippen LogP contribution is 2.30. The normalized spacial score (nSPS) is 23.8. The molecular weight excluding hydrogens is 1090 g/mol. The first kappa shape index (κ1) is 79.5. The SMILES string of the molecule is CC/C=C\C/C=C\C/C=C\C/C=C\CCCCCCCCCCCCCCCCCCCCC(=O)NC(COC1OC(CO)C(OC2OC(CO)C(O)C(O)C2O)C(O)C1O)C(O)/C=C/CC/C=C/CCCCCCCCCCCCCCCCC. The van der Waals surface area contributed by atoms with E-state index in [1.165, 1.54) is 193 Å². The second kappa shape index (κ2) is 56.4. The summed E-state index contributed by atoms with van der Waals surface area (Å²) >= 11 is 0. The van der Waals surface area contributed by atoms with Gasteiger partial charge in [0.25, 0.3) is 0 Å². The monoisotopic (exact) mass is 1220 g/mol. The number of hydrogen-bond donors (Lipinski definition) is 9. The standard InChI is InChI=1S/C72H129NO13/c1-3-5-7-9-11-13-15-17-19-21-23-25-26-27-28-29-30-31-32-33-34-36-38-40-42-44-46-48-50-52-54-56-64(77)73-60(61(76)55-53-51-49-47-45-43-41-39-37-35-24-22-20-18-16-14-12-10-8-6-4-2)59-83-71-69(82)67(80)70(63(58-75)85-71)86-72-68(81)66(79)65(78)62(57-74)84-72/h5,7,11,13,17,19,23,25,45,47,53,55,60-63,65-72,74-76,78-82H,3-4,6,8-10,12,14-16,18,20-22,24,26-44,46,48-52,54,56-59H2,1-2H3,(H,73,77)/b7-5-,13-11-,19-17-,25-23-,47-45+,55-53+. The summed E-state index contributed by atoms with van der Waals surface area (Å²) in [6, 6.07) is -0.934. The maximum atomic E-state index is 13.3. The first-order chi connectivity index (χ1) is 42.1. The fourth-order valence-corrected chi connectivity index (χ4v) is 11.3. The molecule has 2 aliphatic rings. The van der Waals surface area contributed by atoms with Crippen LogP contribution in [0.1, 0.15) is 284 Å². The maximum Gasteiger partial charge on any atom is 0.220 e. The van der Waals surface area contributed by atoms with E-state index in [1.807, 2.05) is 6.08 Å². The molecule has 2 fully saturated rings. The molecule has 2 heterocycles. The van der Waals surface area contributed by atoms with Crippen LogP contribution in [0.15, 0.2) is 72.9 Å².